The number of nitrogens with zero attached hydrogens (tertiary/aromatic N) is 3. The zero-order chi connectivity index (χ0) is 18.4. The van der Waals surface area contributed by atoms with Crippen molar-refractivity contribution in [3.8, 4) is 11.5 Å². The summed E-state index contributed by atoms with van der Waals surface area (Å²) in [5.41, 5.74) is 3.26. The van der Waals surface area contributed by atoms with Gasteiger partial charge in [-0.2, -0.15) is 4.98 Å². The van der Waals surface area contributed by atoms with Crippen LogP contribution >= 0.6 is 0 Å². The number of aryl methyl sites for hydroxylation is 1. The van der Waals surface area contributed by atoms with Crippen LogP contribution in [-0.4, -0.2) is 21.6 Å². The van der Waals surface area contributed by atoms with Crippen molar-refractivity contribution in [2.24, 2.45) is 0 Å². The molecule has 26 heavy (non-hydrogen) atoms. The van der Waals surface area contributed by atoms with Gasteiger partial charge in [0.1, 0.15) is 0 Å². The van der Waals surface area contributed by atoms with Crippen LogP contribution in [0.1, 0.15) is 23.9 Å². The number of aromatic nitrogens is 2. The molecule has 134 valence electrons. The zero-order valence-corrected chi connectivity index (χ0v) is 14.5. The minimum atomic E-state index is -0.391. The van der Waals surface area contributed by atoms with Gasteiger partial charge < -0.3 is 9.84 Å². The van der Waals surface area contributed by atoms with Crippen LogP contribution in [0.5, 0.6) is 0 Å². The van der Waals surface area contributed by atoms with E-state index >= 15 is 0 Å². The van der Waals surface area contributed by atoms with Gasteiger partial charge in [-0.05, 0) is 36.2 Å². The van der Waals surface area contributed by atoms with Gasteiger partial charge in [0.05, 0.1) is 4.92 Å². The first kappa shape index (κ1) is 17.8. The van der Waals surface area contributed by atoms with E-state index in [-0.39, 0.29) is 5.69 Å². The van der Waals surface area contributed by atoms with E-state index in [2.05, 4.69) is 27.6 Å². The predicted molar refractivity (Wildman–Crippen MR) is 97.6 cm³/mol. The predicted octanol–water partition coefficient (Wildman–Crippen LogP) is 3.54. The Labute approximate surface area is 151 Å². The van der Waals surface area contributed by atoms with Crippen molar-refractivity contribution in [1.29, 1.82) is 0 Å². The minimum absolute atomic E-state index is 0.112. The molecule has 0 fully saturated rings. The van der Waals surface area contributed by atoms with Gasteiger partial charge in [0.15, 0.2) is 5.82 Å². The van der Waals surface area contributed by atoms with Crippen molar-refractivity contribution in [2.45, 2.75) is 26.3 Å². The largest absolute Gasteiger partial charge is 0.334 e. The summed E-state index contributed by atoms with van der Waals surface area (Å²) < 4.78 is 5.24. The SMILES string of the molecule is CCc1noc(-c2ccc(CCNCc3ccc([N+](=O)[O-])cc3)cc2)n1. The standard InChI is InChI=1S/C19H20N4O3/c1-2-18-21-19(26-22-18)16-7-3-14(4-8-16)11-12-20-13-15-5-9-17(10-6-15)23(24)25/h3-10,20H,2,11-13H2,1H3. The molecule has 0 aliphatic rings. The van der Waals surface area contributed by atoms with Crippen molar-refractivity contribution < 1.29 is 9.45 Å². The molecular formula is C19H20N4O3. The van der Waals surface area contributed by atoms with E-state index in [1.807, 2.05) is 19.1 Å². The molecule has 0 saturated carbocycles. The Morgan fingerprint density at radius 1 is 1.08 bits per heavy atom. The monoisotopic (exact) mass is 352 g/mol. The van der Waals surface area contributed by atoms with Gasteiger partial charge in [-0.3, -0.25) is 10.1 Å². The Kier molecular flexibility index (Phi) is 5.70. The summed E-state index contributed by atoms with van der Waals surface area (Å²) in [7, 11) is 0. The Morgan fingerprint density at radius 3 is 2.38 bits per heavy atom. The molecule has 0 atom stereocenters. The van der Waals surface area contributed by atoms with Crippen LogP contribution in [0.4, 0.5) is 5.69 Å². The van der Waals surface area contributed by atoms with Crippen molar-refractivity contribution in [2.75, 3.05) is 6.54 Å². The lowest BCUT2D eigenvalue weighted by Gasteiger charge is -2.05. The molecular weight excluding hydrogens is 332 g/mol. The number of benzene rings is 2. The second-order valence-electron chi connectivity index (χ2n) is 5.92. The molecule has 3 rings (SSSR count). The lowest BCUT2D eigenvalue weighted by molar-refractivity contribution is -0.384. The molecule has 1 N–H and O–H groups in total. The summed E-state index contributed by atoms with van der Waals surface area (Å²) in [5.74, 6) is 1.25. The maximum absolute atomic E-state index is 10.6. The number of hydrogen-bond donors (Lipinski definition) is 1. The highest BCUT2D eigenvalue weighted by Crippen LogP contribution is 2.18. The van der Waals surface area contributed by atoms with Gasteiger partial charge in [-0.15, -0.1) is 0 Å². The van der Waals surface area contributed by atoms with Crippen LogP contribution in [-0.2, 0) is 19.4 Å². The second-order valence-corrected chi connectivity index (χ2v) is 5.92. The van der Waals surface area contributed by atoms with Gasteiger partial charge in [-0.25, -0.2) is 0 Å². The van der Waals surface area contributed by atoms with Gasteiger partial charge >= 0.3 is 0 Å². The minimum Gasteiger partial charge on any atom is -0.334 e. The van der Waals surface area contributed by atoms with Gasteiger partial charge in [-0.1, -0.05) is 36.3 Å². The first-order valence-corrected chi connectivity index (χ1v) is 8.51. The number of nitro groups is 1. The molecule has 2 aromatic carbocycles. The van der Waals surface area contributed by atoms with Crippen molar-refractivity contribution in [1.82, 2.24) is 15.5 Å². The Hall–Kier alpha value is -3.06. The molecule has 3 aromatic rings. The average molecular weight is 352 g/mol. The highest BCUT2D eigenvalue weighted by molar-refractivity contribution is 5.53. The fourth-order valence-electron chi connectivity index (χ4n) is 2.53. The molecule has 1 aromatic heterocycles. The Balaban J connectivity index is 1.46. The van der Waals surface area contributed by atoms with E-state index in [1.54, 1.807) is 12.1 Å². The molecule has 0 aliphatic carbocycles. The van der Waals surface area contributed by atoms with Crippen LogP contribution in [0.15, 0.2) is 53.1 Å². The third-order valence-corrected chi connectivity index (χ3v) is 4.05. The van der Waals surface area contributed by atoms with E-state index in [0.717, 1.165) is 30.5 Å². The maximum atomic E-state index is 10.6. The first-order chi connectivity index (χ1) is 12.7. The molecule has 0 radical (unpaired) electrons. The van der Waals surface area contributed by atoms with Crippen LogP contribution in [0.2, 0.25) is 0 Å². The summed E-state index contributed by atoms with van der Waals surface area (Å²) in [6.45, 7) is 3.48. The Bertz CT molecular complexity index is 857. The number of nitrogens with one attached hydrogen (secondary N) is 1. The first-order valence-electron chi connectivity index (χ1n) is 8.51. The summed E-state index contributed by atoms with van der Waals surface area (Å²) in [6.07, 6.45) is 1.64. The molecule has 0 spiro atoms. The van der Waals surface area contributed by atoms with Gasteiger partial charge in [0.25, 0.3) is 11.6 Å². The number of non-ortho nitro benzene ring substituents is 1. The third kappa shape index (κ3) is 4.52. The molecule has 7 nitrogen and oxygen atoms in total. The molecule has 1 heterocycles. The van der Waals surface area contributed by atoms with Crippen molar-refractivity contribution >= 4 is 5.69 Å². The summed E-state index contributed by atoms with van der Waals surface area (Å²) >= 11 is 0. The maximum Gasteiger partial charge on any atom is 0.269 e. The van der Waals surface area contributed by atoms with E-state index in [1.165, 1.54) is 17.7 Å². The number of nitro benzene ring substituents is 1. The lowest BCUT2D eigenvalue weighted by atomic mass is 10.1. The molecule has 7 heteroatoms. The summed E-state index contributed by atoms with van der Waals surface area (Å²) in [4.78, 5) is 14.6. The highest BCUT2D eigenvalue weighted by Gasteiger charge is 2.07. The molecule has 0 amide bonds. The smallest absolute Gasteiger partial charge is 0.269 e. The highest BCUT2D eigenvalue weighted by atomic mass is 16.6. The van der Waals surface area contributed by atoms with Crippen molar-refractivity contribution in [3.63, 3.8) is 0 Å². The zero-order valence-electron chi connectivity index (χ0n) is 14.5. The van der Waals surface area contributed by atoms with Crippen LogP contribution in [0, 0.1) is 10.1 Å². The van der Waals surface area contributed by atoms with Crippen molar-refractivity contribution in [3.05, 3.63) is 75.6 Å². The second kappa shape index (κ2) is 8.35. The summed E-state index contributed by atoms with van der Waals surface area (Å²) in [5, 5.41) is 17.9. The van der Waals surface area contributed by atoms with Crippen LogP contribution < -0.4 is 5.32 Å². The molecule has 0 bridgehead atoms. The number of hydrogen-bond acceptors (Lipinski definition) is 6. The van der Waals surface area contributed by atoms with E-state index in [0.29, 0.717) is 18.3 Å². The fraction of sp³-hybridized carbons (Fsp3) is 0.263. The third-order valence-electron chi connectivity index (χ3n) is 4.05. The number of rotatable bonds is 8. The molecule has 0 aliphatic heterocycles. The normalized spacial score (nSPS) is 10.8. The lowest BCUT2D eigenvalue weighted by Crippen LogP contribution is -2.16. The van der Waals surface area contributed by atoms with E-state index < -0.39 is 4.92 Å². The quantitative estimate of drug-likeness (QED) is 0.378. The van der Waals surface area contributed by atoms with Crippen LogP contribution in [0.3, 0.4) is 0 Å². The summed E-state index contributed by atoms with van der Waals surface area (Å²) in [6, 6.07) is 14.7. The van der Waals surface area contributed by atoms with Crippen LogP contribution in [0.25, 0.3) is 11.5 Å². The Morgan fingerprint density at radius 2 is 1.77 bits per heavy atom. The van der Waals surface area contributed by atoms with E-state index in [9.17, 15) is 10.1 Å². The van der Waals surface area contributed by atoms with Gasteiger partial charge in [0, 0.05) is 30.7 Å². The molecule has 0 unspecified atom stereocenters. The average Bonchev–Trinajstić information content (AvgIpc) is 3.15. The topological polar surface area (TPSA) is 94.1 Å². The van der Waals surface area contributed by atoms with Gasteiger partial charge in [0.2, 0.25) is 0 Å². The fourth-order valence-corrected chi connectivity index (χ4v) is 2.53. The van der Waals surface area contributed by atoms with E-state index in [4.69, 9.17) is 4.52 Å². The molecule has 0 saturated heterocycles.